The van der Waals surface area contributed by atoms with Crippen LogP contribution >= 0.6 is 21.6 Å². The summed E-state index contributed by atoms with van der Waals surface area (Å²) in [6.07, 6.45) is 10.9. The SMILES string of the molecule is C[C@H]1C=C2C=C[C@H](C)[C@H](CC[C@@H]3C[C@@H](OC(=O)OCCSSCCOC(=O)c4ccc(OCC(O)CCc5ccc(C(C)(C)C)cc5)cc4)CC(=O)O3)[C@H]2CC1. The van der Waals surface area contributed by atoms with Crippen molar-refractivity contribution in [1.82, 2.24) is 0 Å². The maximum absolute atomic E-state index is 12.5. The Hall–Kier alpha value is -3.41. The van der Waals surface area contributed by atoms with Gasteiger partial charge in [-0.1, -0.05) is 98.7 Å². The third-order valence-electron chi connectivity index (χ3n) is 10.9. The van der Waals surface area contributed by atoms with Crippen LogP contribution in [0.3, 0.4) is 0 Å². The fourth-order valence-electron chi connectivity index (χ4n) is 7.68. The zero-order valence-electron chi connectivity index (χ0n) is 33.6. The van der Waals surface area contributed by atoms with E-state index in [1.807, 2.05) is 0 Å². The number of cyclic esters (lactones) is 1. The molecule has 56 heavy (non-hydrogen) atoms. The van der Waals surface area contributed by atoms with Gasteiger partial charge in [0.2, 0.25) is 0 Å². The van der Waals surface area contributed by atoms with Gasteiger partial charge < -0.3 is 28.8 Å². The molecular weight excluding hydrogens is 749 g/mol. The molecule has 3 aliphatic rings. The lowest BCUT2D eigenvalue weighted by molar-refractivity contribution is -0.161. The van der Waals surface area contributed by atoms with Gasteiger partial charge in [0.1, 0.15) is 37.8 Å². The number of rotatable bonds is 18. The lowest BCUT2D eigenvalue weighted by Crippen LogP contribution is -2.37. The number of fused-ring (bicyclic) bond motifs is 1. The molecule has 0 radical (unpaired) electrons. The van der Waals surface area contributed by atoms with E-state index in [0.29, 0.717) is 59.3 Å². The van der Waals surface area contributed by atoms with Crippen molar-refractivity contribution in [2.75, 3.05) is 31.3 Å². The Bertz CT molecular complexity index is 1630. The minimum Gasteiger partial charge on any atom is -0.491 e. The van der Waals surface area contributed by atoms with Gasteiger partial charge in [-0.3, -0.25) is 4.79 Å². The lowest BCUT2D eigenvalue weighted by Gasteiger charge is -2.39. The highest BCUT2D eigenvalue weighted by Crippen LogP contribution is 2.44. The first kappa shape index (κ1) is 43.7. The Morgan fingerprint density at radius 1 is 0.946 bits per heavy atom. The number of ether oxygens (including phenoxy) is 5. The van der Waals surface area contributed by atoms with Crippen LogP contribution < -0.4 is 4.74 Å². The molecule has 1 saturated heterocycles. The van der Waals surface area contributed by atoms with E-state index in [2.05, 4.69) is 77.1 Å². The fourth-order valence-corrected chi connectivity index (χ4v) is 9.33. The largest absolute Gasteiger partial charge is 0.508 e. The van der Waals surface area contributed by atoms with Crippen molar-refractivity contribution in [3.05, 3.63) is 89.0 Å². The maximum atomic E-state index is 12.5. The lowest BCUT2D eigenvalue weighted by atomic mass is 9.66. The summed E-state index contributed by atoms with van der Waals surface area (Å²) in [6, 6.07) is 15.2. The molecule has 0 amide bonds. The second-order valence-corrected chi connectivity index (χ2v) is 19.1. The Kier molecular flexibility index (Phi) is 16.7. The van der Waals surface area contributed by atoms with E-state index in [4.69, 9.17) is 23.7 Å². The summed E-state index contributed by atoms with van der Waals surface area (Å²) >= 11 is 0. The Morgan fingerprint density at radius 2 is 1.66 bits per heavy atom. The number of esters is 2. The summed E-state index contributed by atoms with van der Waals surface area (Å²) in [4.78, 5) is 37.2. The van der Waals surface area contributed by atoms with Gasteiger partial charge >= 0.3 is 18.1 Å². The molecule has 7 atom stereocenters. The molecular formula is C45H60O9S2. The highest BCUT2D eigenvalue weighted by atomic mass is 33.1. The minimum atomic E-state index is -0.773. The summed E-state index contributed by atoms with van der Waals surface area (Å²) in [5.41, 5.74) is 4.45. The number of benzene rings is 2. The average Bonchev–Trinajstić information content (AvgIpc) is 3.16. The summed E-state index contributed by atoms with van der Waals surface area (Å²) in [5.74, 6) is 3.11. The fraction of sp³-hybridized carbons (Fsp3) is 0.578. The van der Waals surface area contributed by atoms with Crippen LogP contribution in [0, 0.1) is 23.7 Å². The summed E-state index contributed by atoms with van der Waals surface area (Å²) < 4.78 is 27.6. The number of aliphatic hydroxyl groups excluding tert-OH is 1. The van der Waals surface area contributed by atoms with Crippen LogP contribution in [0.5, 0.6) is 5.75 Å². The van der Waals surface area contributed by atoms with Crippen molar-refractivity contribution < 1.29 is 43.2 Å². The molecule has 1 N–H and O–H groups in total. The Labute approximate surface area is 341 Å². The molecule has 0 saturated carbocycles. The number of hydrogen-bond acceptors (Lipinski definition) is 11. The van der Waals surface area contributed by atoms with E-state index in [1.54, 1.807) is 24.3 Å². The zero-order chi connectivity index (χ0) is 40.1. The van der Waals surface area contributed by atoms with Gasteiger partial charge in [0.25, 0.3) is 0 Å². The Morgan fingerprint density at radius 3 is 2.38 bits per heavy atom. The average molecular weight is 809 g/mol. The van der Waals surface area contributed by atoms with Gasteiger partial charge in [0.05, 0.1) is 18.1 Å². The molecule has 2 aromatic rings. The first-order valence-electron chi connectivity index (χ1n) is 20.2. The molecule has 1 aliphatic heterocycles. The van der Waals surface area contributed by atoms with Crippen LogP contribution in [-0.2, 0) is 35.6 Å². The highest BCUT2D eigenvalue weighted by Gasteiger charge is 2.36. The number of aryl methyl sites for hydroxylation is 1. The number of allylic oxidation sites excluding steroid dienone is 4. The van der Waals surface area contributed by atoms with Crippen LogP contribution in [0.1, 0.15) is 101 Å². The predicted octanol–water partition coefficient (Wildman–Crippen LogP) is 9.70. The van der Waals surface area contributed by atoms with Crippen molar-refractivity contribution in [2.45, 2.75) is 110 Å². The summed E-state index contributed by atoms with van der Waals surface area (Å²) in [6.45, 7) is 11.7. The van der Waals surface area contributed by atoms with E-state index in [1.165, 1.54) is 51.1 Å². The van der Waals surface area contributed by atoms with E-state index in [9.17, 15) is 19.5 Å². The molecule has 2 aromatic carbocycles. The molecule has 5 rings (SSSR count). The topological polar surface area (TPSA) is 118 Å². The molecule has 2 aliphatic carbocycles. The molecule has 1 unspecified atom stereocenters. The van der Waals surface area contributed by atoms with Gasteiger partial charge in [0.15, 0.2) is 0 Å². The second-order valence-electron chi connectivity index (χ2n) is 16.4. The molecule has 1 heterocycles. The maximum Gasteiger partial charge on any atom is 0.508 e. The van der Waals surface area contributed by atoms with E-state index in [0.717, 1.165) is 19.3 Å². The van der Waals surface area contributed by atoms with Gasteiger partial charge in [-0.15, -0.1) is 0 Å². The van der Waals surface area contributed by atoms with Crippen LogP contribution in [0.4, 0.5) is 4.79 Å². The Balaban J connectivity index is 0.886. The van der Waals surface area contributed by atoms with Crippen LogP contribution in [0.15, 0.2) is 72.3 Å². The van der Waals surface area contributed by atoms with Crippen molar-refractivity contribution in [3.8, 4) is 5.75 Å². The normalized spacial score (nSPS) is 24.0. The van der Waals surface area contributed by atoms with E-state index >= 15 is 0 Å². The van der Waals surface area contributed by atoms with Crippen LogP contribution in [-0.4, -0.2) is 72.8 Å². The number of hydrogen-bond donors (Lipinski definition) is 1. The number of carbonyl (C=O) groups excluding carboxylic acids is 3. The molecule has 0 bridgehead atoms. The van der Waals surface area contributed by atoms with Gasteiger partial charge in [-0.2, -0.15) is 0 Å². The quantitative estimate of drug-likeness (QED) is 0.0672. The standard InChI is InChI=1S/C45H60O9S2/c1-30-6-20-41-34(26-30)11-7-31(2)40(41)21-19-38-27-39(28-42(47)53-38)54-44(49)51-23-25-56-55-24-22-50-43(48)33-12-17-37(18-13-33)52-29-36(46)16-10-32-8-14-35(15-9-32)45(3,4)5/h7-9,11-15,17-18,26,30-31,36,38-41,46H,6,10,16,19-25,27-29H2,1-5H3/t30-,31+,36?,38-,39-,40+,41+/m1/s1. The summed E-state index contributed by atoms with van der Waals surface area (Å²) in [7, 11) is 3.02. The highest BCUT2D eigenvalue weighted by molar-refractivity contribution is 8.76. The van der Waals surface area contributed by atoms with Crippen molar-refractivity contribution in [1.29, 1.82) is 0 Å². The van der Waals surface area contributed by atoms with Crippen LogP contribution in [0.2, 0.25) is 0 Å². The summed E-state index contributed by atoms with van der Waals surface area (Å²) in [5, 5.41) is 10.4. The van der Waals surface area contributed by atoms with Gasteiger partial charge in [0, 0.05) is 17.9 Å². The van der Waals surface area contributed by atoms with Crippen LogP contribution in [0.25, 0.3) is 0 Å². The van der Waals surface area contributed by atoms with E-state index < -0.39 is 24.3 Å². The molecule has 0 aromatic heterocycles. The van der Waals surface area contributed by atoms with Gasteiger partial charge in [-0.25, -0.2) is 9.59 Å². The molecule has 11 heteroatoms. The number of carbonyl (C=O) groups is 3. The minimum absolute atomic E-state index is 0.0431. The number of aliphatic hydroxyl groups is 1. The third kappa shape index (κ3) is 13.9. The van der Waals surface area contributed by atoms with Crippen molar-refractivity contribution in [2.24, 2.45) is 23.7 Å². The second kappa shape index (κ2) is 21.4. The smallest absolute Gasteiger partial charge is 0.491 e. The molecule has 1 fully saturated rings. The zero-order valence-corrected chi connectivity index (χ0v) is 35.2. The van der Waals surface area contributed by atoms with Crippen molar-refractivity contribution >= 4 is 39.7 Å². The predicted molar refractivity (Wildman–Crippen MR) is 223 cm³/mol. The molecule has 9 nitrogen and oxygen atoms in total. The van der Waals surface area contributed by atoms with Crippen molar-refractivity contribution in [3.63, 3.8) is 0 Å². The molecule has 306 valence electrons. The first-order valence-corrected chi connectivity index (χ1v) is 22.7. The third-order valence-corrected chi connectivity index (χ3v) is 13.2. The first-order chi connectivity index (χ1) is 26.8. The van der Waals surface area contributed by atoms with Gasteiger partial charge in [-0.05, 0) is 109 Å². The monoisotopic (exact) mass is 808 g/mol. The van der Waals surface area contributed by atoms with E-state index in [-0.39, 0.29) is 43.7 Å². The molecule has 0 spiro atoms.